The molecule has 0 unspecified atom stereocenters. The molecule has 0 saturated heterocycles. The summed E-state index contributed by atoms with van der Waals surface area (Å²) in [5.74, 6) is -0.708. The first kappa shape index (κ1) is 21.8. The summed E-state index contributed by atoms with van der Waals surface area (Å²) in [6.07, 6.45) is 1.72. The number of rotatable bonds is 6. The van der Waals surface area contributed by atoms with E-state index >= 15 is 0 Å². The quantitative estimate of drug-likeness (QED) is 0.358. The maximum absolute atomic E-state index is 14.7. The zero-order chi connectivity index (χ0) is 22.9. The summed E-state index contributed by atoms with van der Waals surface area (Å²) >= 11 is 6.06. The molecule has 0 bridgehead atoms. The number of hydrogen-bond acceptors (Lipinski definition) is 2. The molecule has 1 N–H and O–H groups in total. The largest absolute Gasteiger partial charge is 0.380 e. The third kappa shape index (κ3) is 4.29. The van der Waals surface area contributed by atoms with Gasteiger partial charge in [0.15, 0.2) is 5.78 Å². The predicted molar refractivity (Wildman–Crippen MR) is 124 cm³/mol. The van der Waals surface area contributed by atoms with E-state index in [-0.39, 0.29) is 29.6 Å². The van der Waals surface area contributed by atoms with Gasteiger partial charge in [0.1, 0.15) is 11.4 Å². The van der Waals surface area contributed by atoms with Gasteiger partial charge in [-0.25, -0.2) is 9.24 Å². The molecular weight excluding hydrogens is 427 g/mol. The van der Waals surface area contributed by atoms with E-state index in [4.69, 9.17) is 18.2 Å². The Kier molecular flexibility index (Phi) is 5.84. The van der Waals surface area contributed by atoms with E-state index in [0.717, 1.165) is 11.1 Å². The Morgan fingerprint density at radius 2 is 1.91 bits per heavy atom. The lowest BCUT2D eigenvalue weighted by molar-refractivity contribution is -0.136. The molecule has 32 heavy (non-hydrogen) atoms. The molecule has 0 spiro atoms. The number of fused-ring (bicyclic) bond motifs is 1. The number of carbonyl (C=O) groups is 1. The van der Waals surface area contributed by atoms with Crippen LogP contribution in [-0.2, 0) is 17.8 Å². The van der Waals surface area contributed by atoms with Crippen LogP contribution in [0.1, 0.15) is 12.5 Å². The van der Waals surface area contributed by atoms with Gasteiger partial charge in [0.2, 0.25) is 5.69 Å². The minimum Gasteiger partial charge on any atom is -0.380 e. The molecule has 4 aromatic rings. The molecule has 0 amide bonds. The van der Waals surface area contributed by atoms with Crippen molar-refractivity contribution in [3.8, 4) is 11.1 Å². The van der Waals surface area contributed by atoms with Gasteiger partial charge < -0.3 is 9.67 Å². The van der Waals surface area contributed by atoms with Crippen molar-refractivity contribution in [1.82, 2.24) is 4.57 Å². The summed E-state index contributed by atoms with van der Waals surface area (Å²) in [6.45, 7) is 8.55. The van der Waals surface area contributed by atoms with Crippen LogP contribution in [0.5, 0.6) is 0 Å². The highest BCUT2D eigenvalue weighted by Crippen LogP contribution is 2.30. The molecule has 1 atom stereocenters. The number of nitrogens with zero attached hydrogens (tertiary/aromatic N) is 2. The third-order valence-corrected chi connectivity index (χ3v) is 5.82. The molecule has 0 aliphatic rings. The first-order chi connectivity index (χ1) is 15.3. The fourth-order valence-corrected chi connectivity index (χ4v) is 3.98. The molecule has 160 valence electrons. The van der Waals surface area contributed by atoms with E-state index in [9.17, 15) is 14.3 Å². The minimum absolute atomic E-state index is 0.0169. The molecule has 1 heterocycles. The Hall–Kier alpha value is -3.46. The second-order valence-corrected chi connectivity index (χ2v) is 8.38. The van der Waals surface area contributed by atoms with E-state index in [0.29, 0.717) is 22.2 Å². The molecule has 0 fully saturated rings. The molecule has 4 rings (SSSR count). The van der Waals surface area contributed by atoms with E-state index < -0.39 is 5.60 Å². The van der Waals surface area contributed by atoms with E-state index in [2.05, 4.69) is 4.85 Å². The maximum atomic E-state index is 14.7. The standard InChI is InChI=1S/C26H20ClFN2O2/c1-26(32,25(31)13-17-8-9-23(29-2)21(27)12-17)16-30-11-10-19-14-22(28)20(15-24(19)30)18-6-4-3-5-7-18/h3-12,14-15,32H,13,16H2,1H3/t26-/m0/s1. The summed E-state index contributed by atoms with van der Waals surface area (Å²) in [4.78, 5) is 16.2. The number of carbonyl (C=O) groups excluding carboxylic acids is 1. The van der Waals surface area contributed by atoms with Gasteiger partial charge >= 0.3 is 0 Å². The second kappa shape index (κ2) is 8.58. The van der Waals surface area contributed by atoms with Crippen molar-refractivity contribution in [2.45, 2.75) is 25.5 Å². The molecular formula is C26H20ClFN2O2. The highest BCUT2D eigenvalue weighted by Gasteiger charge is 2.31. The molecule has 3 aromatic carbocycles. The van der Waals surface area contributed by atoms with Crippen LogP contribution in [0.2, 0.25) is 5.02 Å². The maximum Gasteiger partial charge on any atom is 0.205 e. The second-order valence-electron chi connectivity index (χ2n) is 7.97. The Labute approximate surface area is 190 Å². The van der Waals surface area contributed by atoms with Gasteiger partial charge in [0.25, 0.3) is 0 Å². The van der Waals surface area contributed by atoms with Gasteiger partial charge in [-0.05, 0) is 36.2 Å². The van der Waals surface area contributed by atoms with Gasteiger partial charge in [-0.1, -0.05) is 60.1 Å². The fraction of sp³-hybridized carbons (Fsp3) is 0.154. The smallest absolute Gasteiger partial charge is 0.205 e. The van der Waals surface area contributed by atoms with Gasteiger partial charge in [-0.2, -0.15) is 0 Å². The zero-order valence-electron chi connectivity index (χ0n) is 17.3. The third-order valence-electron chi connectivity index (χ3n) is 5.52. The van der Waals surface area contributed by atoms with Crippen molar-refractivity contribution in [3.63, 3.8) is 0 Å². The summed E-state index contributed by atoms with van der Waals surface area (Å²) in [6, 6.07) is 19.0. The van der Waals surface area contributed by atoms with Crippen molar-refractivity contribution >= 4 is 34.0 Å². The van der Waals surface area contributed by atoms with Crippen LogP contribution < -0.4 is 0 Å². The van der Waals surface area contributed by atoms with Gasteiger partial charge in [0.05, 0.1) is 13.1 Å². The van der Waals surface area contributed by atoms with E-state index in [1.165, 1.54) is 13.0 Å². The Balaban J connectivity index is 1.61. The number of aromatic nitrogens is 1. The van der Waals surface area contributed by atoms with Crippen LogP contribution in [0, 0.1) is 12.4 Å². The van der Waals surface area contributed by atoms with E-state index in [1.54, 1.807) is 41.1 Å². The van der Waals surface area contributed by atoms with Crippen LogP contribution in [0.4, 0.5) is 10.1 Å². The lowest BCUT2D eigenvalue weighted by Crippen LogP contribution is -2.40. The van der Waals surface area contributed by atoms with Crippen LogP contribution >= 0.6 is 11.6 Å². The molecule has 1 aromatic heterocycles. The Morgan fingerprint density at radius 3 is 2.59 bits per heavy atom. The van der Waals surface area contributed by atoms with Crippen LogP contribution in [0.25, 0.3) is 26.9 Å². The van der Waals surface area contributed by atoms with Crippen molar-refractivity contribution in [2.75, 3.05) is 0 Å². The molecule has 0 aliphatic heterocycles. The average molecular weight is 447 g/mol. The Morgan fingerprint density at radius 1 is 1.16 bits per heavy atom. The monoisotopic (exact) mass is 446 g/mol. The van der Waals surface area contributed by atoms with Gasteiger partial charge in [-0.3, -0.25) is 4.79 Å². The van der Waals surface area contributed by atoms with Gasteiger partial charge in [-0.15, -0.1) is 0 Å². The lowest BCUT2D eigenvalue weighted by Gasteiger charge is -2.23. The SMILES string of the molecule is [C-]#[N+]c1ccc(CC(=O)[C@@](C)(O)Cn2ccc3cc(F)c(-c4ccccc4)cc32)cc1Cl. The topological polar surface area (TPSA) is 46.6 Å². The van der Waals surface area contributed by atoms with Crippen LogP contribution in [0.15, 0.2) is 72.9 Å². The summed E-state index contributed by atoms with van der Waals surface area (Å²) < 4.78 is 16.4. The van der Waals surface area contributed by atoms with Gasteiger partial charge in [0, 0.05) is 34.1 Å². The number of aliphatic hydroxyl groups is 1. The molecule has 0 saturated carbocycles. The number of hydrogen-bond donors (Lipinski definition) is 1. The first-order valence-electron chi connectivity index (χ1n) is 10.0. The van der Waals surface area contributed by atoms with Crippen LogP contribution in [0.3, 0.4) is 0 Å². The average Bonchev–Trinajstić information content (AvgIpc) is 3.14. The van der Waals surface area contributed by atoms with Crippen LogP contribution in [-0.4, -0.2) is 21.1 Å². The number of halogens is 2. The summed E-state index contributed by atoms with van der Waals surface area (Å²) in [5.41, 5.74) is 1.22. The summed E-state index contributed by atoms with van der Waals surface area (Å²) in [5, 5.41) is 11.9. The molecule has 4 nitrogen and oxygen atoms in total. The predicted octanol–water partition coefficient (Wildman–Crippen LogP) is 6.21. The normalized spacial score (nSPS) is 13.0. The lowest BCUT2D eigenvalue weighted by atomic mass is 9.94. The number of benzene rings is 3. The fourth-order valence-electron chi connectivity index (χ4n) is 3.73. The van der Waals surface area contributed by atoms with Crippen molar-refractivity contribution in [1.29, 1.82) is 0 Å². The molecule has 0 radical (unpaired) electrons. The zero-order valence-corrected chi connectivity index (χ0v) is 18.1. The highest BCUT2D eigenvalue weighted by atomic mass is 35.5. The van der Waals surface area contributed by atoms with Crippen molar-refractivity contribution in [2.24, 2.45) is 0 Å². The van der Waals surface area contributed by atoms with Crippen molar-refractivity contribution in [3.05, 3.63) is 101 Å². The molecule has 0 aliphatic carbocycles. The van der Waals surface area contributed by atoms with E-state index in [1.807, 2.05) is 30.3 Å². The van der Waals surface area contributed by atoms with Crippen molar-refractivity contribution < 1.29 is 14.3 Å². The number of Topliss-reactive ketones (excluding diaryl/α,β-unsaturated/α-hetero) is 1. The Bertz CT molecular complexity index is 1350. The number of ketones is 1. The summed E-state index contributed by atoms with van der Waals surface area (Å²) in [7, 11) is 0. The minimum atomic E-state index is -1.65. The highest BCUT2D eigenvalue weighted by molar-refractivity contribution is 6.33. The first-order valence-corrected chi connectivity index (χ1v) is 10.4. The molecule has 6 heteroatoms.